The molecule has 1 unspecified atom stereocenters. The second-order valence-corrected chi connectivity index (χ2v) is 8.30. The average molecular weight is 263 g/mol. The molecule has 4 saturated carbocycles. The molecule has 0 aromatic rings. The molecule has 0 heterocycles. The molecule has 4 rings (SSSR count). The fourth-order valence-electron chi connectivity index (χ4n) is 6.23. The predicted molar refractivity (Wildman–Crippen MR) is 81.9 cm³/mol. The molecule has 110 valence electrons. The minimum Gasteiger partial charge on any atom is -0.328 e. The Labute approximate surface area is 119 Å². The van der Waals surface area contributed by atoms with Gasteiger partial charge in [0.15, 0.2) is 0 Å². The van der Waals surface area contributed by atoms with Gasteiger partial charge in [0.2, 0.25) is 0 Å². The van der Waals surface area contributed by atoms with Crippen molar-refractivity contribution < 1.29 is 0 Å². The molecular weight excluding hydrogens is 230 g/mol. The maximum Gasteiger partial charge on any atom is 0.00467 e. The summed E-state index contributed by atoms with van der Waals surface area (Å²) in [6.45, 7) is 4.65. The summed E-state index contributed by atoms with van der Waals surface area (Å²) in [5.41, 5.74) is 7.23. The van der Waals surface area contributed by atoms with Crippen LogP contribution in [0.25, 0.3) is 0 Å². The topological polar surface area (TPSA) is 26.0 Å². The van der Waals surface area contributed by atoms with Gasteiger partial charge in [-0.2, -0.15) is 0 Å². The summed E-state index contributed by atoms with van der Waals surface area (Å²) in [5.74, 6) is 4.09. The molecule has 0 saturated heterocycles. The zero-order valence-electron chi connectivity index (χ0n) is 13.0. The fourth-order valence-corrected chi connectivity index (χ4v) is 6.23. The monoisotopic (exact) mass is 263 g/mol. The molecule has 2 N–H and O–H groups in total. The van der Waals surface area contributed by atoms with Gasteiger partial charge in [0.05, 0.1) is 0 Å². The van der Waals surface area contributed by atoms with Gasteiger partial charge in [0, 0.05) is 6.04 Å². The van der Waals surface area contributed by atoms with E-state index in [4.69, 9.17) is 5.73 Å². The lowest BCUT2D eigenvalue weighted by Gasteiger charge is -2.57. The van der Waals surface area contributed by atoms with Crippen LogP contribution in [0.3, 0.4) is 0 Å². The molecule has 4 aliphatic carbocycles. The summed E-state index contributed by atoms with van der Waals surface area (Å²) in [6, 6.07) is 0.473. The van der Waals surface area contributed by atoms with Gasteiger partial charge in [0.1, 0.15) is 0 Å². The van der Waals surface area contributed by atoms with Gasteiger partial charge in [-0.05, 0) is 80.5 Å². The van der Waals surface area contributed by atoms with Gasteiger partial charge in [-0.1, -0.05) is 26.7 Å². The van der Waals surface area contributed by atoms with Crippen LogP contribution >= 0.6 is 0 Å². The first-order valence-corrected chi connectivity index (χ1v) is 8.88. The van der Waals surface area contributed by atoms with E-state index in [0.717, 1.165) is 23.7 Å². The Kier molecular flexibility index (Phi) is 3.95. The van der Waals surface area contributed by atoms with Crippen molar-refractivity contribution in [2.45, 2.75) is 84.1 Å². The number of hydrogen-bond acceptors (Lipinski definition) is 1. The Hall–Kier alpha value is -0.0400. The Morgan fingerprint density at radius 2 is 1.42 bits per heavy atom. The molecular formula is C18H33N. The quantitative estimate of drug-likeness (QED) is 0.735. The molecule has 4 aliphatic rings. The van der Waals surface area contributed by atoms with Crippen molar-refractivity contribution in [3.63, 3.8) is 0 Å². The lowest BCUT2D eigenvalue weighted by atomic mass is 9.48. The van der Waals surface area contributed by atoms with Crippen molar-refractivity contribution in [2.75, 3.05) is 0 Å². The Morgan fingerprint density at radius 3 is 1.84 bits per heavy atom. The third kappa shape index (κ3) is 2.86. The van der Waals surface area contributed by atoms with Crippen molar-refractivity contribution in [3.05, 3.63) is 0 Å². The van der Waals surface area contributed by atoms with E-state index in [1.165, 1.54) is 44.9 Å². The summed E-state index contributed by atoms with van der Waals surface area (Å²) in [7, 11) is 0. The van der Waals surface area contributed by atoms with Crippen LogP contribution in [0.1, 0.15) is 78.1 Å². The van der Waals surface area contributed by atoms with E-state index in [1.54, 1.807) is 19.3 Å². The molecule has 0 radical (unpaired) electrons. The lowest BCUT2D eigenvalue weighted by molar-refractivity contribution is -0.0612. The van der Waals surface area contributed by atoms with Crippen molar-refractivity contribution in [3.8, 4) is 0 Å². The van der Waals surface area contributed by atoms with Crippen molar-refractivity contribution in [2.24, 2.45) is 34.8 Å². The number of hydrogen-bond donors (Lipinski definition) is 1. The molecule has 0 aromatic carbocycles. The first kappa shape index (κ1) is 13.9. The average Bonchev–Trinajstić information content (AvgIpc) is 2.33. The van der Waals surface area contributed by atoms with Crippen LogP contribution < -0.4 is 5.73 Å². The van der Waals surface area contributed by atoms with Crippen LogP contribution in [0.4, 0.5) is 0 Å². The number of rotatable bonds is 6. The van der Waals surface area contributed by atoms with E-state index >= 15 is 0 Å². The first-order valence-electron chi connectivity index (χ1n) is 8.88. The minimum absolute atomic E-state index is 0.473. The molecule has 1 heteroatoms. The van der Waals surface area contributed by atoms with E-state index in [-0.39, 0.29) is 0 Å². The van der Waals surface area contributed by atoms with Crippen LogP contribution in [-0.4, -0.2) is 6.04 Å². The van der Waals surface area contributed by atoms with E-state index < -0.39 is 0 Å². The molecule has 0 aliphatic heterocycles. The highest BCUT2D eigenvalue weighted by Crippen LogP contribution is 2.61. The van der Waals surface area contributed by atoms with Crippen LogP contribution in [0.5, 0.6) is 0 Å². The van der Waals surface area contributed by atoms with Crippen molar-refractivity contribution in [1.29, 1.82) is 0 Å². The molecule has 0 amide bonds. The predicted octanol–water partition coefficient (Wildman–Crippen LogP) is 4.75. The smallest absolute Gasteiger partial charge is 0.00467 e. The molecule has 4 bridgehead atoms. The zero-order chi connectivity index (χ0) is 13.5. The Balaban J connectivity index is 1.59. The SMILES string of the molecule is CCC(CC)CC(N)CC12CC3CC(CC(C3)C1)C2. The molecule has 1 atom stereocenters. The van der Waals surface area contributed by atoms with Crippen LogP contribution in [0, 0.1) is 29.1 Å². The first-order chi connectivity index (χ1) is 9.12. The normalized spacial score (nSPS) is 42.0. The van der Waals surface area contributed by atoms with Crippen molar-refractivity contribution >= 4 is 0 Å². The summed E-state index contributed by atoms with van der Waals surface area (Å²) < 4.78 is 0. The van der Waals surface area contributed by atoms with Crippen LogP contribution in [0.15, 0.2) is 0 Å². The van der Waals surface area contributed by atoms with Gasteiger partial charge in [-0.3, -0.25) is 0 Å². The molecule has 0 spiro atoms. The lowest BCUT2D eigenvalue weighted by Crippen LogP contribution is -2.48. The van der Waals surface area contributed by atoms with E-state index in [2.05, 4.69) is 13.8 Å². The molecule has 0 aromatic heterocycles. The zero-order valence-corrected chi connectivity index (χ0v) is 13.0. The fraction of sp³-hybridized carbons (Fsp3) is 1.00. The highest BCUT2D eigenvalue weighted by molar-refractivity contribution is 5.02. The third-order valence-corrected chi connectivity index (χ3v) is 6.65. The maximum absolute atomic E-state index is 6.55. The second kappa shape index (κ2) is 5.39. The standard InChI is InChI=1S/C18H33N/c1-3-13(4-2)8-17(19)12-18-9-14-5-15(10-18)7-16(6-14)11-18/h13-17H,3-12,19H2,1-2H3. The minimum atomic E-state index is 0.473. The molecule has 1 nitrogen and oxygen atoms in total. The van der Waals surface area contributed by atoms with Gasteiger partial charge in [-0.15, -0.1) is 0 Å². The summed E-state index contributed by atoms with van der Waals surface area (Å²) in [4.78, 5) is 0. The largest absolute Gasteiger partial charge is 0.328 e. The molecule has 19 heavy (non-hydrogen) atoms. The highest BCUT2D eigenvalue weighted by atomic mass is 14.7. The second-order valence-electron chi connectivity index (χ2n) is 8.30. The molecule has 4 fully saturated rings. The van der Waals surface area contributed by atoms with Crippen LogP contribution in [0.2, 0.25) is 0 Å². The Morgan fingerprint density at radius 1 is 0.947 bits per heavy atom. The Bertz CT molecular complexity index is 270. The van der Waals surface area contributed by atoms with E-state index in [0.29, 0.717) is 11.5 Å². The third-order valence-electron chi connectivity index (χ3n) is 6.65. The number of nitrogens with two attached hydrogens (primary N) is 1. The van der Waals surface area contributed by atoms with Gasteiger partial charge < -0.3 is 5.73 Å². The van der Waals surface area contributed by atoms with Gasteiger partial charge in [-0.25, -0.2) is 0 Å². The summed E-state index contributed by atoms with van der Waals surface area (Å²) in [5, 5.41) is 0. The van der Waals surface area contributed by atoms with E-state index in [9.17, 15) is 0 Å². The maximum atomic E-state index is 6.55. The van der Waals surface area contributed by atoms with Crippen LogP contribution in [-0.2, 0) is 0 Å². The van der Waals surface area contributed by atoms with Gasteiger partial charge in [0.25, 0.3) is 0 Å². The summed E-state index contributed by atoms with van der Waals surface area (Å²) in [6.07, 6.45) is 14.5. The van der Waals surface area contributed by atoms with Gasteiger partial charge >= 0.3 is 0 Å². The van der Waals surface area contributed by atoms with E-state index in [1.807, 2.05) is 0 Å². The van der Waals surface area contributed by atoms with Crippen molar-refractivity contribution in [1.82, 2.24) is 0 Å². The highest BCUT2D eigenvalue weighted by Gasteiger charge is 2.50. The summed E-state index contributed by atoms with van der Waals surface area (Å²) >= 11 is 0.